The number of fused-ring (bicyclic) bond motifs is 3. The summed E-state index contributed by atoms with van der Waals surface area (Å²) in [6.45, 7) is 1.45. The molecule has 4 fully saturated rings. The first-order valence-corrected chi connectivity index (χ1v) is 13.6. The monoisotopic (exact) mass is 573 g/mol. The van der Waals surface area contributed by atoms with Crippen molar-refractivity contribution < 1.29 is 31.1 Å². The van der Waals surface area contributed by atoms with Crippen molar-refractivity contribution in [1.29, 1.82) is 0 Å². The third-order valence-corrected chi connectivity index (χ3v) is 9.85. The average molecular weight is 574 g/mol. The van der Waals surface area contributed by atoms with Crippen molar-refractivity contribution in [2.45, 2.75) is 75.9 Å². The molecule has 3 aliphatic carbocycles. The highest BCUT2D eigenvalue weighted by Gasteiger charge is 2.71. The van der Waals surface area contributed by atoms with E-state index >= 15 is 0 Å². The van der Waals surface area contributed by atoms with Crippen LogP contribution in [0.4, 0.5) is 26.3 Å². The zero-order valence-electron chi connectivity index (χ0n) is 20.8. The topological polar surface area (TPSA) is 54.3 Å². The molecule has 0 bridgehead atoms. The van der Waals surface area contributed by atoms with Crippen molar-refractivity contribution in [1.82, 2.24) is 24.6 Å². The molecule has 0 radical (unpaired) electrons. The van der Waals surface area contributed by atoms with E-state index in [2.05, 4.69) is 10.2 Å². The lowest BCUT2D eigenvalue weighted by atomic mass is 9.57. The Balaban J connectivity index is 1.08. The van der Waals surface area contributed by atoms with E-state index in [9.17, 15) is 31.1 Å². The summed E-state index contributed by atoms with van der Waals surface area (Å²) >= 11 is 6.29. The van der Waals surface area contributed by atoms with E-state index in [0.717, 1.165) is 17.1 Å². The molecule has 0 atom stereocenters. The molecular formula is C26H26ClF6N5O. The molecule has 2 aliphatic heterocycles. The van der Waals surface area contributed by atoms with E-state index in [1.807, 2.05) is 21.6 Å². The fraction of sp³-hybridized carbons (Fsp3) is 0.654. The molecule has 1 amide bonds. The minimum absolute atomic E-state index is 0.0226. The number of amides is 1. The summed E-state index contributed by atoms with van der Waals surface area (Å²) in [5.41, 5.74) is -0.656. The molecular weight excluding hydrogens is 548 g/mol. The summed E-state index contributed by atoms with van der Waals surface area (Å²) in [5.74, 6) is -0.677. The van der Waals surface area contributed by atoms with Crippen LogP contribution < -0.4 is 0 Å². The second-order valence-corrected chi connectivity index (χ2v) is 12.6. The Kier molecular flexibility index (Phi) is 5.33. The first-order chi connectivity index (χ1) is 18.3. The van der Waals surface area contributed by atoms with E-state index in [1.54, 1.807) is 6.07 Å². The van der Waals surface area contributed by atoms with Gasteiger partial charge in [0.05, 0.1) is 18.2 Å². The molecule has 2 aromatic rings. The first kappa shape index (κ1) is 25.6. The molecule has 13 heteroatoms. The normalized spacial score (nSPS) is 27.6. The SMILES string of the molecule is O=C(N1CC2(CC(c3nnc4n3-c3ccc(Cl)cc3CN(C3CC(C(F)(F)F)C3)C4)C2)C1)C1(C(F)(F)F)CC1. The van der Waals surface area contributed by atoms with Crippen LogP contribution in [0.3, 0.4) is 0 Å². The van der Waals surface area contributed by atoms with Gasteiger partial charge in [0.25, 0.3) is 0 Å². The Morgan fingerprint density at radius 2 is 1.69 bits per heavy atom. The van der Waals surface area contributed by atoms with Gasteiger partial charge in [-0.15, -0.1) is 10.2 Å². The van der Waals surface area contributed by atoms with Gasteiger partial charge in [-0.25, -0.2) is 0 Å². The van der Waals surface area contributed by atoms with Crippen LogP contribution in [0, 0.1) is 16.7 Å². The van der Waals surface area contributed by atoms with Gasteiger partial charge >= 0.3 is 12.4 Å². The number of carbonyl (C=O) groups excluding carboxylic acids is 1. The van der Waals surface area contributed by atoms with E-state index in [0.29, 0.717) is 49.9 Å². The molecule has 0 unspecified atom stereocenters. The minimum Gasteiger partial charge on any atom is -0.341 e. The van der Waals surface area contributed by atoms with Gasteiger partial charge in [-0.05, 0) is 62.3 Å². The maximum atomic E-state index is 13.4. The summed E-state index contributed by atoms with van der Waals surface area (Å²) in [5, 5.41) is 9.44. The summed E-state index contributed by atoms with van der Waals surface area (Å²) in [6, 6.07) is 5.25. The van der Waals surface area contributed by atoms with Crippen molar-refractivity contribution in [3.05, 3.63) is 40.4 Å². The number of aromatic nitrogens is 3. The first-order valence-electron chi connectivity index (χ1n) is 13.2. The molecule has 3 saturated carbocycles. The van der Waals surface area contributed by atoms with Gasteiger partial charge < -0.3 is 4.90 Å². The summed E-state index contributed by atoms with van der Waals surface area (Å²) in [7, 11) is 0. The minimum atomic E-state index is -4.51. The smallest absolute Gasteiger partial charge is 0.341 e. The number of hydrogen-bond acceptors (Lipinski definition) is 4. The van der Waals surface area contributed by atoms with E-state index < -0.39 is 29.6 Å². The Hall–Kier alpha value is -2.34. The number of hydrogen-bond donors (Lipinski definition) is 0. The van der Waals surface area contributed by atoms with Crippen molar-refractivity contribution in [2.24, 2.45) is 16.7 Å². The lowest BCUT2D eigenvalue weighted by Crippen LogP contribution is -2.65. The second-order valence-electron chi connectivity index (χ2n) is 12.2. The highest BCUT2D eigenvalue weighted by molar-refractivity contribution is 6.30. The van der Waals surface area contributed by atoms with Crippen LogP contribution >= 0.6 is 11.6 Å². The highest BCUT2D eigenvalue weighted by Crippen LogP contribution is 2.62. The van der Waals surface area contributed by atoms with Crippen LogP contribution in [0.25, 0.3) is 5.69 Å². The van der Waals surface area contributed by atoms with Crippen LogP contribution in [0.2, 0.25) is 5.02 Å². The van der Waals surface area contributed by atoms with Crippen LogP contribution in [-0.4, -0.2) is 62.0 Å². The van der Waals surface area contributed by atoms with Crippen LogP contribution in [0.1, 0.15) is 61.7 Å². The van der Waals surface area contributed by atoms with Gasteiger partial charge in [0.2, 0.25) is 5.91 Å². The van der Waals surface area contributed by atoms with E-state index in [4.69, 9.17) is 11.6 Å². The van der Waals surface area contributed by atoms with E-state index in [1.165, 1.54) is 4.90 Å². The van der Waals surface area contributed by atoms with Crippen LogP contribution in [0.15, 0.2) is 18.2 Å². The number of nitrogens with zero attached hydrogens (tertiary/aromatic N) is 5. The Labute approximate surface area is 225 Å². The molecule has 7 rings (SSSR count). The van der Waals surface area contributed by atoms with E-state index in [-0.39, 0.29) is 43.1 Å². The van der Waals surface area contributed by atoms with Crippen molar-refractivity contribution in [3.63, 3.8) is 0 Å². The molecule has 5 aliphatic rings. The van der Waals surface area contributed by atoms with Crippen molar-refractivity contribution >= 4 is 17.5 Å². The molecule has 6 nitrogen and oxygen atoms in total. The molecule has 39 heavy (non-hydrogen) atoms. The summed E-state index contributed by atoms with van der Waals surface area (Å²) < 4.78 is 81.6. The molecule has 1 saturated heterocycles. The van der Waals surface area contributed by atoms with Crippen molar-refractivity contribution in [3.8, 4) is 5.69 Å². The third kappa shape index (κ3) is 3.91. The summed E-state index contributed by atoms with van der Waals surface area (Å²) in [6.07, 6.45) is -7.48. The van der Waals surface area contributed by atoms with Gasteiger partial charge in [-0.1, -0.05) is 11.6 Å². The lowest BCUT2D eigenvalue weighted by Gasteiger charge is -2.59. The number of rotatable bonds is 3. The Bertz CT molecular complexity index is 1330. The van der Waals surface area contributed by atoms with Gasteiger partial charge in [0.1, 0.15) is 11.2 Å². The molecule has 210 valence electrons. The number of alkyl halides is 6. The number of benzene rings is 1. The maximum Gasteiger partial charge on any atom is 0.403 e. The zero-order chi connectivity index (χ0) is 27.5. The quantitative estimate of drug-likeness (QED) is 0.447. The number of carbonyl (C=O) groups is 1. The fourth-order valence-electron chi connectivity index (χ4n) is 7.11. The third-order valence-electron chi connectivity index (χ3n) is 9.61. The molecule has 1 aromatic heterocycles. The molecule has 1 aromatic carbocycles. The molecule has 3 heterocycles. The standard InChI is InChI=1S/C26H26ClF6N5O/c27-17-1-2-19-14(5-17)10-36(18-6-16(7-18)25(28,29)30)11-20-34-35-21(38(19)20)15-8-23(9-15)12-37(13-23)22(39)24(3-4-24)26(31,32)33/h1-2,5,15-16,18H,3-4,6-13H2. The Morgan fingerprint density at radius 1 is 1.00 bits per heavy atom. The highest BCUT2D eigenvalue weighted by atomic mass is 35.5. The van der Waals surface area contributed by atoms with Gasteiger partial charge in [0.15, 0.2) is 5.82 Å². The lowest BCUT2D eigenvalue weighted by molar-refractivity contribution is -0.208. The fourth-order valence-corrected chi connectivity index (χ4v) is 7.30. The second kappa shape index (κ2) is 8.11. The summed E-state index contributed by atoms with van der Waals surface area (Å²) in [4.78, 5) is 15.9. The molecule has 0 N–H and O–H groups in total. The molecule has 1 spiro atoms. The van der Waals surface area contributed by atoms with Crippen molar-refractivity contribution in [2.75, 3.05) is 13.1 Å². The number of halogens is 7. The van der Waals surface area contributed by atoms with Crippen LogP contribution in [-0.2, 0) is 17.9 Å². The van der Waals surface area contributed by atoms with Crippen LogP contribution in [0.5, 0.6) is 0 Å². The average Bonchev–Trinajstić information content (AvgIpc) is 3.50. The van der Waals surface area contributed by atoms with Gasteiger partial charge in [-0.2, -0.15) is 26.3 Å². The Morgan fingerprint density at radius 3 is 2.31 bits per heavy atom. The maximum absolute atomic E-state index is 13.4. The van der Waals surface area contributed by atoms with Gasteiger partial charge in [-0.3, -0.25) is 14.3 Å². The zero-order valence-corrected chi connectivity index (χ0v) is 21.6. The van der Waals surface area contributed by atoms with Gasteiger partial charge in [0, 0.05) is 42.0 Å². The predicted molar refractivity (Wildman–Crippen MR) is 127 cm³/mol. The largest absolute Gasteiger partial charge is 0.403 e. The predicted octanol–water partition coefficient (Wildman–Crippen LogP) is 5.63. The number of likely N-dealkylation sites (tertiary alicyclic amines) is 1.